The molecule has 4 aromatic rings. The fourth-order valence-corrected chi connectivity index (χ4v) is 3.21. The highest BCUT2D eigenvalue weighted by molar-refractivity contribution is 6.36. The molecule has 3 aromatic carbocycles. The minimum Gasteiger partial charge on any atom is -0.292 e. The van der Waals surface area contributed by atoms with Crippen molar-refractivity contribution in [3.63, 3.8) is 0 Å². The van der Waals surface area contributed by atoms with Gasteiger partial charge in [0.2, 0.25) is 0 Å². The minimum atomic E-state index is 0.588. The van der Waals surface area contributed by atoms with Gasteiger partial charge in [0.25, 0.3) is 0 Å². The highest BCUT2D eigenvalue weighted by Gasteiger charge is 2.16. The summed E-state index contributed by atoms with van der Waals surface area (Å²) in [6.07, 6.45) is 0. The number of aromatic nitrogens is 2. The van der Waals surface area contributed by atoms with Crippen LogP contribution in [0.3, 0.4) is 0 Å². The average Bonchev–Trinajstić information content (AvgIpc) is 2.94. The van der Waals surface area contributed by atoms with Gasteiger partial charge >= 0.3 is 0 Å². The minimum absolute atomic E-state index is 0.588. The van der Waals surface area contributed by atoms with E-state index in [1.165, 1.54) is 0 Å². The maximum Gasteiger partial charge on any atom is 0.147 e. The smallest absolute Gasteiger partial charge is 0.147 e. The van der Waals surface area contributed by atoms with Gasteiger partial charge in [0.15, 0.2) is 0 Å². The molecule has 0 unspecified atom stereocenters. The van der Waals surface area contributed by atoms with Crippen LogP contribution in [0, 0.1) is 0 Å². The van der Waals surface area contributed by atoms with Crippen LogP contribution in [-0.4, -0.2) is 9.55 Å². The van der Waals surface area contributed by atoms with Crippen LogP contribution in [-0.2, 0) is 0 Å². The standard InChI is InChI=1S/C19H12Cl2N2/c20-13-10-11-15(16(21)12-13)19-22-17-8-4-5-9-18(17)23(19)14-6-2-1-3-7-14/h1-12H. The molecule has 0 saturated heterocycles. The molecule has 23 heavy (non-hydrogen) atoms. The van der Waals surface area contributed by atoms with E-state index in [4.69, 9.17) is 28.2 Å². The van der Waals surface area contributed by atoms with E-state index in [0.29, 0.717) is 10.0 Å². The Hall–Kier alpha value is -2.29. The van der Waals surface area contributed by atoms with Crippen LogP contribution in [0.2, 0.25) is 10.0 Å². The number of imidazole rings is 1. The molecule has 0 aliphatic rings. The van der Waals surface area contributed by atoms with Gasteiger partial charge in [-0.2, -0.15) is 0 Å². The molecule has 4 rings (SSSR count). The lowest BCUT2D eigenvalue weighted by molar-refractivity contribution is 1.10. The van der Waals surface area contributed by atoms with Gasteiger partial charge in [0.05, 0.1) is 16.1 Å². The van der Waals surface area contributed by atoms with Crippen LogP contribution in [0.1, 0.15) is 0 Å². The predicted molar refractivity (Wildman–Crippen MR) is 96.5 cm³/mol. The Morgan fingerprint density at radius 2 is 1.52 bits per heavy atom. The Morgan fingerprint density at radius 1 is 0.783 bits per heavy atom. The normalized spacial score (nSPS) is 11.0. The SMILES string of the molecule is Clc1ccc(-c2nc3ccccc3n2-c2ccccc2)c(Cl)c1. The van der Waals surface area contributed by atoms with Gasteiger partial charge in [0.1, 0.15) is 5.82 Å². The highest BCUT2D eigenvalue weighted by Crippen LogP contribution is 2.34. The lowest BCUT2D eigenvalue weighted by Gasteiger charge is -2.10. The van der Waals surface area contributed by atoms with Crippen LogP contribution in [0.15, 0.2) is 72.8 Å². The van der Waals surface area contributed by atoms with E-state index in [0.717, 1.165) is 28.1 Å². The van der Waals surface area contributed by atoms with E-state index in [9.17, 15) is 0 Å². The van der Waals surface area contributed by atoms with Crippen LogP contribution in [0.4, 0.5) is 0 Å². The molecule has 0 bridgehead atoms. The second kappa shape index (κ2) is 5.73. The van der Waals surface area contributed by atoms with Crippen molar-refractivity contribution in [3.8, 4) is 17.1 Å². The average molecular weight is 339 g/mol. The summed E-state index contributed by atoms with van der Waals surface area (Å²) >= 11 is 12.4. The van der Waals surface area contributed by atoms with Crippen molar-refractivity contribution >= 4 is 34.2 Å². The number of fused-ring (bicyclic) bond motifs is 1. The first-order chi connectivity index (χ1) is 11.2. The van der Waals surface area contributed by atoms with Crippen molar-refractivity contribution in [1.82, 2.24) is 9.55 Å². The molecule has 0 fully saturated rings. The van der Waals surface area contributed by atoms with Crippen LogP contribution < -0.4 is 0 Å². The summed E-state index contributed by atoms with van der Waals surface area (Å²) < 4.78 is 2.12. The largest absolute Gasteiger partial charge is 0.292 e. The Labute approximate surface area is 143 Å². The molecule has 0 radical (unpaired) electrons. The van der Waals surface area contributed by atoms with Crippen LogP contribution >= 0.6 is 23.2 Å². The lowest BCUT2D eigenvalue weighted by atomic mass is 10.2. The van der Waals surface area contributed by atoms with Gasteiger partial charge in [-0.1, -0.05) is 53.5 Å². The van der Waals surface area contributed by atoms with E-state index in [2.05, 4.69) is 22.8 Å². The van der Waals surface area contributed by atoms with Gasteiger partial charge in [-0.3, -0.25) is 4.57 Å². The van der Waals surface area contributed by atoms with Crippen molar-refractivity contribution in [2.75, 3.05) is 0 Å². The monoisotopic (exact) mass is 338 g/mol. The van der Waals surface area contributed by atoms with Gasteiger partial charge in [-0.05, 0) is 42.5 Å². The molecule has 1 aromatic heterocycles. The number of hydrogen-bond acceptors (Lipinski definition) is 1. The summed E-state index contributed by atoms with van der Waals surface area (Å²) in [5, 5.41) is 1.20. The molecule has 0 spiro atoms. The molecule has 0 atom stereocenters. The zero-order valence-corrected chi connectivity index (χ0v) is 13.6. The summed E-state index contributed by atoms with van der Waals surface area (Å²) in [6.45, 7) is 0. The fourth-order valence-electron chi connectivity index (χ4n) is 2.72. The molecule has 0 aliphatic heterocycles. The molecule has 0 aliphatic carbocycles. The van der Waals surface area contributed by atoms with Crippen LogP contribution in [0.25, 0.3) is 28.1 Å². The molecule has 1 heterocycles. The number of benzene rings is 3. The first-order valence-corrected chi connectivity index (χ1v) is 7.98. The van der Waals surface area contributed by atoms with Gasteiger partial charge in [-0.25, -0.2) is 4.98 Å². The molecule has 4 heteroatoms. The number of halogens is 2. The Bertz CT molecular complexity index is 991. The number of para-hydroxylation sites is 3. The lowest BCUT2D eigenvalue weighted by Crippen LogP contribution is -1.97. The van der Waals surface area contributed by atoms with Gasteiger partial charge < -0.3 is 0 Å². The van der Waals surface area contributed by atoms with E-state index in [1.54, 1.807) is 6.07 Å². The second-order valence-electron chi connectivity index (χ2n) is 5.22. The van der Waals surface area contributed by atoms with Crippen molar-refractivity contribution in [2.45, 2.75) is 0 Å². The Kier molecular flexibility index (Phi) is 3.56. The second-order valence-corrected chi connectivity index (χ2v) is 6.06. The molecule has 2 nitrogen and oxygen atoms in total. The van der Waals surface area contributed by atoms with E-state index < -0.39 is 0 Å². The summed E-state index contributed by atoms with van der Waals surface area (Å²) in [7, 11) is 0. The highest BCUT2D eigenvalue weighted by atomic mass is 35.5. The van der Waals surface area contributed by atoms with E-state index >= 15 is 0 Å². The molecular formula is C19H12Cl2N2. The predicted octanol–water partition coefficient (Wildman–Crippen LogP) is 6.00. The number of rotatable bonds is 2. The zero-order chi connectivity index (χ0) is 15.8. The summed E-state index contributed by atoms with van der Waals surface area (Å²) in [4.78, 5) is 4.79. The summed E-state index contributed by atoms with van der Waals surface area (Å²) in [5.74, 6) is 0.805. The topological polar surface area (TPSA) is 17.8 Å². The molecule has 0 saturated carbocycles. The zero-order valence-electron chi connectivity index (χ0n) is 12.1. The molecule has 0 amide bonds. The Morgan fingerprint density at radius 3 is 2.30 bits per heavy atom. The summed E-state index contributed by atoms with van der Waals surface area (Å²) in [6, 6.07) is 23.7. The van der Waals surface area contributed by atoms with Crippen molar-refractivity contribution in [2.24, 2.45) is 0 Å². The van der Waals surface area contributed by atoms with Crippen molar-refractivity contribution < 1.29 is 0 Å². The van der Waals surface area contributed by atoms with E-state index in [1.807, 2.05) is 48.5 Å². The van der Waals surface area contributed by atoms with Gasteiger partial charge in [-0.15, -0.1) is 0 Å². The fraction of sp³-hybridized carbons (Fsp3) is 0. The maximum atomic E-state index is 6.41. The number of nitrogens with zero attached hydrogens (tertiary/aromatic N) is 2. The van der Waals surface area contributed by atoms with E-state index in [-0.39, 0.29) is 0 Å². The Balaban J connectivity index is 2.07. The van der Waals surface area contributed by atoms with Crippen LogP contribution in [0.5, 0.6) is 0 Å². The number of hydrogen-bond donors (Lipinski definition) is 0. The van der Waals surface area contributed by atoms with Crippen molar-refractivity contribution in [1.29, 1.82) is 0 Å². The third-order valence-corrected chi connectivity index (χ3v) is 4.30. The summed E-state index contributed by atoms with van der Waals surface area (Å²) in [5.41, 5.74) is 3.87. The quantitative estimate of drug-likeness (QED) is 0.438. The molecule has 0 N–H and O–H groups in total. The van der Waals surface area contributed by atoms with Crippen molar-refractivity contribution in [3.05, 3.63) is 82.8 Å². The maximum absolute atomic E-state index is 6.41. The first-order valence-electron chi connectivity index (χ1n) is 7.22. The first kappa shape index (κ1) is 14.3. The molecular weight excluding hydrogens is 327 g/mol. The van der Waals surface area contributed by atoms with Gasteiger partial charge in [0, 0.05) is 16.3 Å². The molecule has 112 valence electrons. The third kappa shape index (κ3) is 2.50. The third-order valence-electron chi connectivity index (χ3n) is 3.75.